The van der Waals surface area contributed by atoms with Crippen LogP contribution in [0.4, 0.5) is 5.69 Å². The van der Waals surface area contributed by atoms with Gasteiger partial charge in [-0.15, -0.1) is 0 Å². The highest BCUT2D eigenvalue weighted by Crippen LogP contribution is 2.30. The maximum absolute atomic E-state index is 5.40. The molecule has 158 valence electrons. The molecule has 0 spiro atoms. The second kappa shape index (κ2) is 9.07. The van der Waals surface area contributed by atoms with Crippen LogP contribution >= 0.6 is 0 Å². The highest BCUT2D eigenvalue weighted by atomic mass is 16.5. The summed E-state index contributed by atoms with van der Waals surface area (Å²) < 4.78 is 12.7. The van der Waals surface area contributed by atoms with Gasteiger partial charge in [0.15, 0.2) is 5.96 Å². The molecular weight excluding hydrogens is 368 g/mol. The SMILES string of the molecule is CN=C(NCc1c(C)nn(C)c1C)NC1CCN(c2cc(OC)cc(OC)c2)C1. The predicted octanol–water partition coefficient (Wildman–Crippen LogP) is 2.00. The van der Waals surface area contributed by atoms with Gasteiger partial charge in [-0.05, 0) is 20.3 Å². The summed E-state index contributed by atoms with van der Waals surface area (Å²) in [6.45, 7) is 6.68. The molecule has 1 atom stereocenters. The summed E-state index contributed by atoms with van der Waals surface area (Å²) in [4.78, 5) is 6.73. The maximum atomic E-state index is 5.40. The lowest BCUT2D eigenvalue weighted by atomic mass is 10.2. The molecule has 1 unspecified atom stereocenters. The monoisotopic (exact) mass is 400 g/mol. The third-order valence-electron chi connectivity index (χ3n) is 5.55. The van der Waals surface area contributed by atoms with E-state index in [1.807, 2.05) is 36.9 Å². The van der Waals surface area contributed by atoms with Crippen molar-refractivity contribution >= 4 is 11.6 Å². The van der Waals surface area contributed by atoms with Gasteiger partial charge in [-0.1, -0.05) is 0 Å². The Kier molecular flexibility index (Phi) is 6.51. The Bertz CT molecular complexity index is 854. The Morgan fingerprint density at radius 3 is 2.45 bits per heavy atom. The molecule has 29 heavy (non-hydrogen) atoms. The number of benzene rings is 1. The molecule has 0 bridgehead atoms. The molecule has 0 aliphatic carbocycles. The van der Waals surface area contributed by atoms with Crippen molar-refractivity contribution in [2.45, 2.75) is 32.9 Å². The van der Waals surface area contributed by atoms with Gasteiger partial charge < -0.3 is 25.0 Å². The number of guanidine groups is 1. The lowest BCUT2D eigenvalue weighted by Crippen LogP contribution is -2.44. The van der Waals surface area contributed by atoms with Crippen LogP contribution in [0.2, 0.25) is 0 Å². The molecule has 1 aliphatic rings. The summed E-state index contributed by atoms with van der Waals surface area (Å²) >= 11 is 0. The zero-order valence-corrected chi connectivity index (χ0v) is 18.2. The predicted molar refractivity (Wildman–Crippen MR) is 116 cm³/mol. The van der Waals surface area contributed by atoms with E-state index in [2.05, 4.69) is 32.5 Å². The van der Waals surface area contributed by atoms with Crippen LogP contribution in [0.15, 0.2) is 23.2 Å². The molecular formula is C21H32N6O2. The van der Waals surface area contributed by atoms with E-state index in [-0.39, 0.29) is 0 Å². The van der Waals surface area contributed by atoms with E-state index in [9.17, 15) is 0 Å². The van der Waals surface area contributed by atoms with Crippen molar-refractivity contribution < 1.29 is 9.47 Å². The van der Waals surface area contributed by atoms with E-state index in [0.717, 1.165) is 48.4 Å². The Morgan fingerprint density at radius 2 is 1.90 bits per heavy atom. The molecule has 1 saturated heterocycles. The van der Waals surface area contributed by atoms with Gasteiger partial charge in [-0.3, -0.25) is 9.67 Å². The summed E-state index contributed by atoms with van der Waals surface area (Å²) in [5.41, 5.74) is 4.54. The van der Waals surface area contributed by atoms with Crippen molar-refractivity contribution in [3.05, 3.63) is 35.2 Å². The summed E-state index contributed by atoms with van der Waals surface area (Å²) in [6, 6.07) is 6.30. The molecule has 8 heteroatoms. The summed E-state index contributed by atoms with van der Waals surface area (Å²) in [6.07, 6.45) is 1.03. The van der Waals surface area contributed by atoms with Gasteiger partial charge in [0.25, 0.3) is 0 Å². The van der Waals surface area contributed by atoms with E-state index >= 15 is 0 Å². The third kappa shape index (κ3) is 4.75. The molecule has 8 nitrogen and oxygen atoms in total. The first kappa shape index (κ1) is 20.8. The van der Waals surface area contributed by atoms with Crippen LogP contribution in [0.1, 0.15) is 23.4 Å². The zero-order valence-electron chi connectivity index (χ0n) is 18.2. The highest BCUT2D eigenvalue weighted by molar-refractivity contribution is 5.80. The largest absolute Gasteiger partial charge is 0.497 e. The van der Waals surface area contributed by atoms with E-state index in [4.69, 9.17) is 9.47 Å². The fourth-order valence-corrected chi connectivity index (χ4v) is 3.72. The molecule has 0 amide bonds. The normalized spacial score (nSPS) is 16.8. The Morgan fingerprint density at radius 1 is 1.21 bits per heavy atom. The average molecular weight is 401 g/mol. The van der Waals surface area contributed by atoms with Crippen molar-refractivity contribution in [1.82, 2.24) is 20.4 Å². The minimum Gasteiger partial charge on any atom is -0.497 e. The number of aryl methyl sites for hydroxylation is 2. The maximum Gasteiger partial charge on any atom is 0.191 e. The third-order valence-corrected chi connectivity index (χ3v) is 5.55. The van der Waals surface area contributed by atoms with Crippen LogP contribution in [0.3, 0.4) is 0 Å². The molecule has 1 aromatic carbocycles. The van der Waals surface area contributed by atoms with E-state index in [1.54, 1.807) is 21.3 Å². The number of anilines is 1. The lowest BCUT2D eigenvalue weighted by Gasteiger charge is -2.21. The number of ether oxygens (including phenoxy) is 2. The van der Waals surface area contributed by atoms with Gasteiger partial charge in [0.05, 0.1) is 19.9 Å². The molecule has 2 heterocycles. The van der Waals surface area contributed by atoms with Crippen molar-refractivity contribution in [2.24, 2.45) is 12.0 Å². The topological polar surface area (TPSA) is 75.9 Å². The van der Waals surface area contributed by atoms with Crippen molar-refractivity contribution in [2.75, 3.05) is 39.3 Å². The smallest absolute Gasteiger partial charge is 0.191 e. The fourth-order valence-electron chi connectivity index (χ4n) is 3.72. The van der Waals surface area contributed by atoms with Gasteiger partial charge in [-0.2, -0.15) is 5.10 Å². The first-order valence-corrected chi connectivity index (χ1v) is 9.89. The number of methoxy groups -OCH3 is 2. The number of aromatic nitrogens is 2. The number of nitrogens with zero attached hydrogens (tertiary/aromatic N) is 4. The minimum atomic E-state index is 0.314. The lowest BCUT2D eigenvalue weighted by molar-refractivity contribution is 0.394. The number of rotatable bonds is 6. The summed E-state index contributed by atoms with van der Waals surface area (Å²) in [5, 5.41) is 11.5. The molecule has 3 rings (SSSR count). The molecule has 1 aromatic heterocycles. The summed E-state index contributed by atoms with van der Waals surface area (Å²) in [7, 11) is 7.13. The minimum absolute atomic E-state index is 0.314. The van der Waals surface area contributed by atoms with Crippen LogP contribution in [0.25, 0.3) is 0 Å². The summed E-state index contributed by atoms with van der Waals surface area (Å²) in [5.74, 6) is 2.41. The fraction of sp³-hybridized carbons (Fsp3) is 0.524. The second-order valence-corrected chi connectivity index (χ2v) is 7.35. The van der Waals surface area contributed by atoms with Gasteiger partial charge in [0.1, 0.15) is 11.5 Å². The molecule has 2 N–H and O–H groups in total. The number of hydrogen-bond donors (Lipinski definition) is 2. The molecule has 0 saturated carbocycles. The van der Waals surface area contributed by atoms with Crippen molar-refractivity contribution in [3.63, 3.8) is 0 Å². The zero-order chi connectivity index (χ0) is 21.0. The van der Waals surface area contributed by atoms with Crippen LogP contribution in [0, 0.1) is 13.8 Å². The number of hydrogen-bond acceptors (Lipinski definition) is 5. The van der Waals surface area contributed by atoms with Crippen LogP contribution < -0.4 is 25.0 Å². The molecule has 1 aliphatic heterocycles. The second-order valence-electron chi connectivity index (χ2n) is 7.35. The standard InChI is InChI=1S/C21H32N6O2/c1-14-20(15(2)26(4)25-14)12-23-21(22-3)24-16-7-8-27(13-16)17-9-18(28-5)11-19(10-17)29-6/h9-11,16H,7-8,12-13H2,1-6H3,(H2,22,23,24). The van der Waals surface area contributed by atoms with E-state index in [0.29, 0.717) is 12.6 Å². The quantitative estimate of drug-likeness (QED) is 0.571. The molecule has 1 fully saturated rings. The first-order valence-electron chi connectivity index (χ1n) is 9.89. The van der Waals surface area contributed by atoms with E-state index < -0.39 is 0 Å². The number of nitrogens with one attached hydrogen (secondary N) is 2. The van der Waals surface area contributed by atoms with E-state index in [1.165, 1.54) is 11.3 Å². The van der Waals surface area contributed by atoms with Crippen molar-refractivity contribution in [3.8, 4) is 11.5 Å². The number of aliphatic imine (C=N–C) groups is 1. The average Bonchev–Trinajstić information content (AvgIpc) is 3.29. The van der Waals surface area contributed by atoms with Crippen LogP contribution in [0.5, 0.6) is 11.5 Å². The Hall–Kier alpha value is -2.90. The molecule has 2 aromatic rings. The van der Waals surface area contributed by atoms with Crippen LogP contribution in [-0.4, -0.2) is 56.1 Å². The highest BCUT2D eigenvalue weighted by Gasteiger charge is 2.24. The first-order chi connectivity index (χ1) is 13.9. The van der Waals surface area contributed by atoms with Crippen LogP contribution in [-0.2, 0) is 13.6 Å². The van der Waals surface area contributed by atoms with Gasteiger partial charge in [-0.25, -0.2) is 0 Å². The molecule has 0 radical (unpaired) electrons. The van der Waals surface area contributed by atoms with Gasteiger partial charge in [0, 0.05) is 74.9 Å². The Labute approximate surface area is 172 Å². The van der Waals surface area contributed by atoms with Crippen molar-refractivity contribution in [1.29, 1.82) is 0 Å². The van der Waals surface area contributed by atoms with Gasteiger partial charge in [0.2, 0.25) is 0 Å². The van der Waals surface area contributed by atoms with Gasteiger partial charge >= 0.3 is 0 Å². The Balaban J connectivity index is 1.60.